The minimum Gasteiger partial charge on any atom is -0.395 e. The van der Waals surface area contributed by atoms with Crippen molar-refractivity contribution >= 4 is 34.8 Å². The Balaban J connectivity index is 1.37. The second-order valence-electron chi connectivity index (χ2n) is 6.82. The van der Waals surface area contributed by atoms with Crippen molar-refractivity contribution in [2.45, 2.75) is 13.3 Å². The van der Waals surface area contributed by atoms with Gasteiger partial charge in [-0.1, -0.05) is 0 Å². The van der Waals surface area contributed by atoms with Crippen molar-refractivity contribution in [2.24, 2.45) is 4.99 Å². The first kappa shape index (κ1) is 19.0. The maximum absolute atomic E-state index is 9.57. The van der Waals surface area contributed by atoms with Crippen LogP contribution in [-0.2, 0) is 13.3 Å². The summed E-state index contributed by atoms with van der Waals surface area (Å²) in [5.41, 5.74) is 4.57. The Labute approximate surface area is 176 Å². The van der Waals surface area contributed by atoms with Gasteiger partial charge in [-0.05, 0) is 6.07 Å². The largest absolute Gasteiger partial charge is 0.395 e. The molecule has 0 saturated carbocycles. The first-order valence-corrected chi connectivity index (χ1v) is 9.64. The summed E-state index contributed by atoms with van der Waals surface area (Å²) in [5, 5.41) is 22.9. The van der Waals surface area contributed by atoms with Crippen molar-refractivity contribution in [1.82, 2.24) is 33.7 Å². The van der Waals surface area contributed by atoms with Crippen molar-refractivity contribution in [1.29, 1.82) is 0 Å². The number of nitrogens with zero attached hydrogens (tertiary/aromatic N) is 9. The third-order valence-electron chi connectivity index (χ3n) is 4.95. The molecule has 5 rings (SSSR count). The number of hydrogen-bond acceptors (Lipinski definition) is 10. The van der Waals surface area contributed by atoms with Crippen molar-refractivity contribution < 1.29 is 10.2 Å². The van der Waals surface area contributed by atoms with Crippen LogP contribution in [0.3, 0.4) is 0 Å². The third-order valence-corrected chi connectivity index (χ3v) is 4.95. The molecule has 4 N–H and O–H groups in total. The first-order chi connectivity index (χ1) is 15.3. The number of nitrogens with one attached hydrogen (secondary N) is 2. The van der Waals surface area contributed by atoms with E-state index in [1.54, 1.807) is 34.2 Å². The molecule has 13 heteroatoms. The molecule has 0 radical (unpaired) electrons. The summed E-state index contributed by atoms with van der Waals surface area (Å²) in [6, 6.07) is 1.90. The zero-order chi connectivity index (χ0) is 21.2. The molecule has 5 heterocycles. The SMILES string of the molecule is OCCn1ccnc1Nn1ccc2c(NCN3CN=Cc4ncn(CO)c43)ncnc21. The Morgan fingerprint density at radius 1 is 1.06 bits per heavy atom. The van der Waals surface area contributed by atoms with Crippen LogP contribution in [0.25, 0.3) is 11.0 Å². The van der Waals surface area contributed by atoms with Gasteiger partial charge < -0.3 is 25.0 Å². The monoisotopic (exact) mass is 423 g/mol. The van der Waals surface area contributed by atoms with Crippen molar-refractivity contribution in [3.8, 4) is 0 Å². The highest BCUT2D eigenvalue weighted by atomic mass is 16.3. The number of aliphatic hydroxyl groups excluding tert-OH is 2. The second-order valence-corrected chi connectivity index (χ2v) is 6.82. The number of fused-ring (bicyclic) bond motifs is 2. The fraction of sp³-hybridized carbons (Fsp3) is 0.278. The molecule has 0 unspecified atom stereocenters. The molecule has 160 valence electrons. The van der Waals surface area contributed by atoms with Gasteiger partial charge in [0.2, 0.25) is 5.95 Å². The van der Waals surface area contributed by atoms with Crippen molar-refractivity contribution in [2.75, 3.05) is 35.6 Å². The van der Waals surface area contributed by atoms with E-state index >= 15 is 0 Å². The minimum atomic E-state index is -0.162. The third kappa shape index (κ3) is 3.45. The van der Waals surface area contributed by atoms with Gasteiger partial charge in [0.25, 0.3) is 0 Å². The van der Waals surface area contributed by atoms with E-state index < -0.39 is 0 Å². The van der Waals surface area contributed by atoms with Gasteiger partial charge in [0.1, 0.15) is 37.1 Å². The second kappa shape index (κ2) is 8.04. The number of anilines is 3. The highest BCUT2D eigenvalue weighted by Crippen LogP contribution is 2.24. The molecule has 0 atom stereocenters. The van der Waals surface area contributed by atoms with Gasteiger partial charge in [-0.15, -0.1) is 0 Å². The molecule has 4 aromatic heterocycles. The van der Waals surface area contributed by atoms with Gasteiger partial charge in [0, 0.05) is 25.1 Å². The Morgan fingerprint density at radius 3 is 2.87 bits per heavy atom. The first-order valence-electron chi connectivity index (χ1n) is 9.64. The molecule has 13 nitrogen and oxygen atoms in total. The average Bonchev–Trinajstić information content (AvgIpc) is 3.52. The van der Waals surface area contributed by atoms with Crippen LogP contribution in [0.5, 0.6) is 0 Å². The zero-order valence-electron chi connectivity index (χ0n) is 16.5. The Hall–Kier alpha value is -3.97. The minimum absolute atomic E-state index is 0.0190. The van der Waals surface area contributed by atoms with E-state index in [-0.39, 0.29) is 13.3 Å². The highest BCUT2D eigenvalue weighted by molar-refractivity contribution is 5.88. The van der Waals surface area contributed by atoms with Crippen LogP contribution in [0, 0.1) is 0 Å². The van der Waals surface area contributed by atoms with Crippen LogP contribution in [0.4, 0.5) is 17.6 Å². The van der Waals surface area contributed by atoms with Crippen LogP contribution < -0.4 is 15.6 Å². The molecule has 0 aromatic carbocycles. The quantitative estimate of drug-likeness (QED) is 0.305. The van der Waals surface area contributed by atoms with Gasteiger partial charge in [-0.2, -0.15) is 0 Å². The molecule has 0 aliphatic carbocycles. The lowest BCUT2D eigenvalue weighted by molar-refractivity contribution is 0.211. The van der Waals surface area contributed by atoms with Crippen molar-refractivity contribution in [3.05, 3.63) is 43.0 Å². The molecular weight excluding hydrogens is 402 g/mol. The van der Waals surface area contributed by atoms with E-state index in [0.29, 0.717) is 43.0 Å². The maximum Gasteiger partial charge on any atom is 0.222 e. The zero-order valence-corrected chi connectivity index (χ0v) is 16.5. The summed E-state index contributed by atoms with van der Waals surface area (Å²) in [5.74, 6) is 2.05. The van der Waals surface area contributed by atoms with E-state index in [9.17, 15) is 10.2 Å². The molecule has 1 aliphatic heterocycles. The van der Waals surface area contributed by atoms with Crippen LogP contribution in [0.2, 0.25) is 0 Å². The molecule has 0 fully saturated rings. The average molecular weight is 423 g/mol. The van der Waals surface area contributed by atoms with E-state index in [4.69, 9.17) is 0 Å². The van der Waals surface area contributed by atoms with Gasteiger partial charge in [0.05, 0.1) is 31.2 Å². The number of aliphatic imine (C=N–C) groups is 1. The van der Waals surface area contributed by atoms with Crippen molar-refractivity contribution in [3.63, 3.8) is 0 Å². The number of rotatable bonds is 8. The molecule has 31 heavy (non-hydrogen) atoms. The Morgan fingerprint density at radius 2 is 2.00 bits per heavy atom. The predicted octanol–water partition coefficient (Wildman–Crippen LogP) is -0.0924. The van der Waals surface area contributed by atoms with E-state index in [1.165, 1.54) is 6.33 Å². The Bertz CT molecular complexity index is 1220. The molecule has 4 aromatic rings. The molecule has 0 amide bonds. The topological polar surface area (TPSA) is 146 Å². The lowest BCUT2D eigenvalue weighted by Gasteiger charge is -2.26. The normalized spacial score (nSPS) is 13.0. The molecular formula is C18H21N11O2. The summed E-state index contributed by atoms with van der Waals surface area (Å²) in [6.07, 6.45) is 10.1. The fourth-order valence-corrected chi connectivity index (χ4v) is 3.52. The van der Waals surface area contributed by atoms with Gasteiger partial charge in [-0.25, -0.2) is 24.6 Å². The van der Waals surface area contributed by atoms with E-state index in [0.717, 1.165) is 11.2 Å². The lowest BCUT2D eigenvalue weighted by Crippen LogP contribution is -2.34. The molecule has 1 aliphatic rings. The number of hydrogen-bond donors (Lipinski definition) is 4. The summed E-state index contributed by atoms with van der Waals surface area (Å²) in [4.78, 5) is 23.6. The molecule has 0 bridgehead atoms. The standard InChI is InChI=1S/C18H21N11O2/c30-6-5-26-4-2-20-18(26)25-29-3-1-13-15(21-8-22-16(13)29)24-11-27-9-19-7-14-17(27)28(12-31)10-23-14/h1-4,7-8,10,30-31H,5-6,9,11-12H2,(H,20,25)(H,21,22,24). The number of aliphatic hydroxyl groups is 2. The van der Waals surface area contributed by atoms with Crippen LogP contribution in [0.1, 0.15) is 5.69 Å². The maximum atomic E-state index is 9.57. The summed E-state index contributed by atoms with van der Waals surface area (Å²) < 4.78 is 5.22. The fourth-order valence-electron chi connectivity index (χ4n) is 3.52. The van der Waals surface area contributed by atoms with Gasteiger partial charge in [0.15, 0.2) is 5.65 Å². The summed E-state index contributed by atoms with van der Waals surface area (Å²) >= 11 is 0. The van der Waals surface area contributed by atoms with Crippen LogP contribution in [-0.4, -0.2) is 70.1 Å². The van der Waals surface area contributed by atoms with Crippen LogP contribution in [0.15, 0.2) is 42.3 Å². The van der Waals surface area contributed by atoms with E-state index in [1.807, 2.05) is 21.7 Å². The predicted molar refractivity (Wildman–Crippen MR) is 114 cm³/mol. The number of aromatic nitrogens is 7. The van der Waals surface area contributed by atoms with Gasteiger partial charge >= 0.3 is 0 Å². The van der Waals surface area contributed by atoms with Gasteiger partial charge in [-0.3, -0.25) is 15.0 Å². The smallest absolute Gasteiger partial charge is 0.222 e. The van der Waals surface area contributed by atoms with Crippen LogP contribution >= 0.6 is 0 Å². The molecule has 0 spiro atoms. The summed E-state index contributed by atoms with van der Waals surface area (Å²) in [7, 11) is 0. The number of imidazole rings is 2. The Kier molecular flexibility index (Phi) is 4.93. The molecule has 0 saturated heterocycles. The summed E-state index contributed by atoms with van der Waals surface area (Å²) in [6.45, 7) is 1.15. The highest BCUT2D eigenvalue weighted by Gasteiger charge is 2.20. The lowest BCUT2D eigenvalue weighted by atomic mass is 10.3. The van der Waals surface area contributed by atoms with E-state index in [2.05, 4.69) is 35.7 Å².